The summed E-state index contributed by atoms with van der Waals surface area (Å²) in [6.45, 7) is 10.1. The van der Waals surface area contributed by atoms with E-state index in [-0.39, 0.29) is 21.8 Å². The predicted molar refractivity (Wildman–Crippen MR) is 90.9 cm³/mol. The predicted octanol–water partition coefficient (Wildman–Crippen LogP) is 2.68. The molecule has 6 heteroatoms. The molecule has 0 amide bonds. The molecule has 0 aliphatic carbocycles. The van der Waals surface area contributed by atoms with Crippen molar-refractivity contribution in [2.75, 3.05) is 6.54 Å². The highest BCUT2D eigenvalue weighted by Crippen LogP contribution is 2.22. The van der Waals surface area contributed by atoms with Gasteiger partial charge in [-0.1, -0.05) is 32.1 Å². The molecule has 0 aliphatic rings. The van der Waals surface area contributed by atoms with Gasteiger partial charge in [0.25, 0.3) is 0 Å². The first kappa shape index (κ1) is 18.1. The summed E-state index contributed by atoms with van der Waals surface area (Å²) in [5.41, 5.74) is 7.11. The molecule has 4 nitrogen and oxygen atoms in total. The van der Waals surface area contributed by atoms with Crippen LogP contribution >= 0.6 is 12.2 Å². The van der Waals surface area contributed by atoms with Crippen molar-refractivity contribution in [2.45, 2.75) is 45.6 Å². The molecule has 0 spiro atoms. The minimum absolute atomic E-state index is 0.0898. The van der Waals surface area contributed by atoms with Crippen molar-refractivity contribution in [3.05, 3.63) is 29.3 Å². The molecular formula is C15H24N2O2S2. The summed E-state index contributed by atoms with van der Waals surface area (Å²) in [5, 5.41) is 0. The maximum absolute atomic E-state index is 12.8. The Hall–Kier alpha value is -0.980. The van der Waals surface area contributed by atoms with Crippen LogP contribution in [0, 0.1) is 12.8 Å². The molecule has 0 aliphatic heterocycles. The summed E-state index contributed by atoms with van der Waals surface area (Å²) >= 11 is 4.95. The average molecular weight is 329 g/mol. The lowest BCUT2D eigenvalue weighted by Gasteiger charge is -2.27. The van der Waals surface area contributed by atoms with Crippen LogP contribution in [0.1, 0.15) is 38.8 Å². The second-order valence-corrected chi connectivity index (χ2v) is 8.23. The van der Waals surface area contributed by atoms with Crippen molar-refractivity contribution in [2.24, 2.45) is 11.7 Å². The van der Waals surface area contributed by atoms with E-state index in [0.717, 1.165) is 5.56 Å². The number of aryl methyl sites for hydroxylation is 1. The van der Waals surface area contributed by atoms with Crippen LogP contribution in [0.5, 0.6) is 0 Å². The molecule has 1 aromatic carbocycles. The monoisotopic (exact) mass is 328 g/mol. The minimum Gasteiger partial charge on any atom is -0.389 e. The number of nitrogens with zero attached hydrogens (tertiary/aromatic N) is 1. The second-order valence-electron chi connectivity index (χ2n) is 5.90. The number of benzene rings is 1. The fraction of sp³-hybridized carbons (Fsp3) is 0.533. The van der Waals surface area contributed by atoms with Gasteiger partial charge >= 0.3 is 0 Å². The van der Waals surface area contributed by atoms with Crippen LogP contribution < -0.4 is 5.73 Å². The lowest BCUT2D eigenvalue weighted by atomic mass is 10.1. The van der Waals surface area contributed by atoms with Gasteiger partial charge in [-0.05, 0) is 44.4 Å². The van der Waals surface area contributed by atoms with Crippen LogP contribution in [0.2, 0.25) is 0 Å². The Kier molecular flexibility index (Phi) is 5.90. The molecule has 1 rings (SSSR count). The van der Waals surface area contributed by atoms with Crippen LogP contribution in [0.3, 0.4) is 0 Å². The van der Waals surface area contributed by atoms with Crippen molar-refractivity contribution in [1.82, 2.24) is 4.31 Å². The van der Waals surface area contributed by atoms with Crippen LogP contribution in [-0.2, 0) is 10.0 Å². The highest BCUT2D eigenvalue weighted by atomic mass is 32.2. The van der Waals surface area contributed by atoms with Crippen LogP contribution in [0.15, 0.2) is 23.1 Å². The van der Waals surface area contributed by atoms with Gasteiger partial charge in [0.15, 0.2) is 0 Å². The molecule has 2 N–H and O–H groups in total. The van der Waals surface area contributed by atoms with E-state index >= 15 is 0 Å². The Morgan fingerprint density at radius 2 is 1.86 bits per heavy atom. The van der Waals surface area contributed by atoms with Crippen LogP contribution in [0.25, 0.3) is 0 Å². The number of hydrogen-bond donors (Lipinski definition) is 1. The van der Waals surface area contributed by atoms with Crippen LogP contribution in [0.4, 0.5) is 0 Å². The van der Waals surface area contributed by atoms with Crippen molar-refractivity contribution < 1.29 is 8.42 Å². The summed E-state index contributed by atoms with van der Waals surface area (Å²) < 4.78 is 27.1. The van der Waals surface area contributed by atoms with Gasteiger partial charge in [0, 0.05) is 18.2 Å². The van der Waals surface area contributed by atoms with E-state index in [2.05, 4.69) is 0 Å². The number of sulfonamides is 1. The third kappa shape index (κ3) is 4.25. The van der Waals surface area contributed by atoms with Gasteiger partial charge in [-0.3, -0.25) is 0 Å². The molecule has 0 atom stereocenters. The van der Waals surface area contributed by atoms with Crippen molar-refractivity contribution >= 4 is 27.2 Å². The fourth-order valence-corrected chi connectivity index (χ4v) is 4.27. The lowest BCUT2D eigenvalue weighted by molar-refractivity contribution is 0.319. The maximum Gasteiger partial charge on any atom is 0.243 e. The zero-order valence-electron chi connectivity index (χ0n) is 13.3. The molecule has 0 saturated carbocycles. The zero-order valence-corrected chi connectivity index (χ0v) is 14.9. The highest BCUT2D eigenvalue weighted by molar-refractivity contribution is 7.89. The van der Waals surface area contributed by atoms with Gasteiger partial charge in [0.1, 0.15) is 4.99 Å². The van der Waals surface area contributed by atoms with Gasteiger partial charge < -0.3 is 5.73 Å². The molecule has 0 radical (unpaired) electrons. The normalized spacial score (nSPS) is 12.4. The number of nitrogens with two attached hydrogens (primary N) is 1. The van der Waals surface area contributed by atoms with Crippen LogP contribution in [-0.4, -0.2) is 30.3 Å². The molecule has 21 heavy (non-hydrogen) atoms. The topological polar surface area (TPSA) is 63.4 Å². The van der Waals surface area contributed by atoms with E-state index in [9.17, 15) is 8.42 Å². The van der Waals surface area contributed by atoms with E-state index < -0.39 is 10.0 Å². The maximum atomic E-state index is 12.8. The van der Waals surface area contributed by atoms with Gasteiger partial charge in [0.05, 0.1) is 4.90 Å². The fourth-order valence-electron chi connectivity index (χ4n) is 2.15. The zero-order chi connectivity index (χ0) is 16.4. The van der Waals surface area contributed by atoms with Crippen molar-refractivity contribution in [3.8, 4) is 0 Å². The smallest absolute Gasteiger partial charge is 0.243 e. The number of hydrogen-bond acceptors (Lipinski definition) is 3. The molecule has 0 fully saturated rings. The van der Waals surface area contributed by atoms with E-state index in [4.69, 9.17) is 18.0 Å². The molecule has 0 bridgehead atoms. The summed E-state index contributed by atoms with van der Waals surface area (Å²) in [7, 11) is -3.51. The third-order valence-corrected chi connectivity index (χ3v) is 5.45. The largest absolute Gasteiger partial charge is 0.389 e. The Labute approximate surface area is 133 Å². The van der Waals surface area contributed by atoms with E-state index in [0.29, 0.717) is 12.1 Å². The van der Waals surface area contributed by atoms with E-state index in [1.54, 1.807) is 18.2 Å². The van der Waals surface area contributed by atoms with E-state index in [1.807, 2.05) is 34.6 Å². The first-order chi connectivity index (χ1) is 9.57. The lowest BCUT2D eigenvalue weighted by Crippen LogP contribution is -2.39. The second kappa shape index (κ2) is 6.85. The van der Waals surface area contributed by atoms with Gasteiger partial charge in [-0.25, -0.2) is 8.42 Å². The Bertz CT molecular complexity index is 623. The van der Waals surface area contributed by atoms with E-state index in [1.165, 1.54) is 4.31 Å². The van der Waals surface area contributed by atoms with Gasteiger partial charge in [0.2, 0.25) is 10.0 Å². The molecule has 0 aromatic heterocycles. The summed E-state index contributed by atoms with van der Waals surface area (Å²) in [6.07, 6.45) is 0. The van der Waals surface area contributed by atoms with Gasteiger partial charge in [-0.2, -0.15) is 4.31 Å². The average Bonchev–Trinajstić information content (AvgIpc) is 2.34. The third-order valence-electron chi connectivity index (χ3n) is 3.19. The summed E-state index contributed by atoms with van der Waals surface area (Å²) in [6, 6.07) is 4.80. The van der Waals surface area contributed by atoms with Crippen molar-refractivity contribution in [3.63, 3.8) is 0 Å². The molecule has 0 saturated heterocycles. The highest BCUT2D eigenvalue weighted by Gasteiger charge is 2.27. The Morgan fingerprint density at radius 3 is 2.24 bits per heavy atom. The summed E-state index contributed by atoms with van der Waals surface area (Å²) in [5.74, 6) is 0.263. The molecule has 118 valence electrons. The SMILES string of the molecule is Cc1cc(S(=O)(=O)N(CC(C)C)C(C)C)ccc1C(N)=S. The summed E-state index contributed by atoms with van der Waals surface area (Å²) in [4.78, 5) is 0.564. The number of thiocarbonyl (C=S) groups is 1. The Balaban J connectivity index is 3.29. The molecule has 1 aromatic rings. The number of rotatable bonds is 6. The quantitative estimate of drug-likeness (QED) is 0.816. The molecular weight excluding hydrogens is 304 g/mol. The molecule has 0 unspecified atom stereocenters. The standard InChI is InChI=1S/C15H24N2O2S2/c1-10(2)9-17(11(3)4)21(18,19)13-6-7-14(15(16)20)12(5)8-13/h6-8,10-11H,9H2,1-5H3,(H2,16,20). The van der Waals surface area contributed by atoms with Gasteiger partial charge in [-0.15, -0.1) is 0 Å². The minimum atomic E-state index is -3.51. The van der Waals surface area contributed by atoms with Crippen molar-refractivity contribution in [1.29, 1.82) is 0 Å². The molecule has 0 heterocycles. The Morgan fingerprint density at radius 1 is 1.29 bits per heavy atom. The first-order valence-corrected chi connectivity index (χ1v) is 8.84. The first-order valence-electron chi connectivity index (χ1n) is 6.99.